The molecule has 1 unspecified atom stereocenters. The Labute approximate surface area is 241 Å². The van der Waals surface area contributed by atoms with Gasteiger partial charge in [0, 0.05) is 34.2 Å². The number of amides is 2. The van der Waals surface area contributed by atoms with Crippen LogP contribution in [0.3, 0.4) is 0 Å². The van der Waals surface area contributed by atoms with Crippen LogP contribution in [0.25, 0.3) is 0 Å². The molecule has 0 radical (unpaired) electrons. The van der Waals surface area contributed by atoms with E-state index in [2.05, 4.69) is 21.2 Å². The van der Waals surface area contributed by atoms with Gasteiger partial charge in [0.15, 0.2) is 0 Å². The van der Waals surface area contributed by atoms with Crippen molar-refractivity contribution in [1.29, 1.82) is 0 Å². The third-order valence-electron chi connectivity index (χ3n) is 6.20. The maximum absolute atomic E-state index is 13.7. The number of hydrogen-bond acceptors (Lipinski definition) is 4. The fourth-order valence-corrected chi connectivity index (χ4v) is 5.13. The number of likely N-dealkylation sites (tertiary alicyclic amines) is 1. The standard InChI is InChI=1S/C29H29BrCl2N2O4/c1-28(2,3)38-27(36)34-13-12-29(18-34,20-6-8-21(30)9-7-20)26(35)33-17-19-4-10-24(11-5-19)37-25-15-22(31)14-23(32)16-25/h4-11,14-16H,12-13,17-18H2,1-3H3,(H,33,35). The highest BCUT2D eigenvalue weighted by atomic mass is 79.9. The second-order valence-electron chi connectivity index (χ2n) is 10.3. The van der Waals surface area contributed by atoms with Crippen LogP contribution < -0.4 is 10.1 Å². The number of ether oxygens (including phenoxy) is 2. The molecule has 2 amide bonds. The summed E-state index contributed by atoms with van der Waals surface area (Å²) in [5.74, 6) is 1.02. The summed E-state index contributed by atoms with van der Waals surface area (Å²) >= 11 is 15.6. The molecule has 1 atom stereocenters. The Balaban J connectivity index is 1.46. The van der Waals surface area contributed by atoms with Gasteiger partial charge in [-0.05, 0) is 80.8 Å². The van der Waals surface area contributed by atoms with Crippen LogP contribution in [-0.2, 0) is 21.5 Å². The fraction of sp³-hybridized carbons (Fsp3) is 0.310. The zero-order chi connectivity index (χ0) is 27.5. The van der Waals surface area contributed by atoms with Crippen molar-refractivity contribution in [2.75, 3.05) is 13.1 Å². The van der Waals surface area contributed by atoms with E-state index in [9.17, 15) is 9.59 Å². The van der Waals surface area contributed by atoms with Gasteiger partial charge in [-0.25, -0.2) is 4.79 Å². The molecule has 38 heavy (non-hydrogen) atoms. The summed E-state index contributed by atoms with van der Waals surface area (Å²) < 4.78 is 12.3. The summed E-state index contributed by atoms with van der Waals surface area (Å²) in [6.45, 7) is 6.48. The molecule has 6 nitrogen and oxygen atoms in total. The smallest absolute Gasteiger partial charge is 0.410 e. The van der Waals surface area contributed by atoms with Crippen molar-refractivity contribution in [3.05, 3.63) is 92.4 Å². The third kappa shape index (κ3) is 7.01. The summed E-state index contributed by atoms with van der Waals surface area (Å²) in [4.78, 5) is 28.1. The molecule has 1 saturated heterocycles. The molecule has 0 aliphatic carbocycles. The van der Waals surface area contributed by atoms with Crippen LogP contribution >= 0.6 is 39.1 Å². The minimum Gasteiger partial charge on any atom is -0.457 e. The number of carbonyl (C=O) groups excluding carboxylic acids is 2. The van der Waals surface area contributed by atoms with Crippen LogP contribution in [0.5, 0.6) is 11.5 Å². The van der Waals surface area contributed by atoms with Crippen LogP contribution in [-0.4, -0.2) is 35.6 Å². The molecular weight excluding hydrogens is 591 g/mol. The van der Waals surface area contributed by atoms with E-state index in [0.29, 0.717) is 41.1 Å². The molecule has 4 rings (SSSR count). The van der Waals surface area contributed by atoms with Gasteiger partial charge in [-0.1, -0.05) is 63.4 Å². The minimum absolute atomic E-state index is 0.139. The summed E-state index contributed by atoms with van der Waals surface area (Å²) in [6.07, 6.45) is 0.0789. The van der Waals surface area contributed by atoms with Crippen LogP contribution in [0.15, 0.2) is 71.2 Å². The Kier molecular flexibility index (Phi) is 8.60. The largest absolute Gasteiger partial charge is 0.457 e. The molecule has 1 aliphatic heterocycles. The maximum Gasteiger partial charge on any atom is 0.410 e. The second-order valence-corrected chi connectivity index (χ2v) is 12.1. The van der Waals surface area contributed by atoms with Crippen molar-refractivity contribution in [1.82, 2.24) is 10.2 Å². The number of hydrogen-bond donors (Lipinski definition) is 1. The van der Waals surface area contributed by atoms with Gasteiger partial charge in [0.1, 0.15) is 17.1 Å². The summed E-state index contributed by atoms with van der Waals surface area (Å²) in [5, 5.41) is 4.06. The number of rotatable bonds is 6. The van der Waals surface area contributed by atoms with Gasteiger partial charge in [-0.3, -0.25) is 4.79 Å². The average molecular weight is 620 g/mol. The van der Waals surface area contributed by atoms with E-state index < -0.39 is 17.1 Å². The van der Waals surface area contributed by atoms with Gasteiger partial charge in [0.25, 0.3) is 0 Å². The van der Waals surface area contributed by atoms with E-state index in [4.69, 9.17) is 32.7 Å². The van der Waals surface area contributed by atoms with Crippen LogP contribution in [0, 0.1) is 0 Å². The second kappa shape index (κ2) is 11.6. The van der Waals surface area contributed by atoms with Gasteiger partial charge < -0.3 is 19.7 Å². The predicted octanol–water partition coefficient (Wildman–Crippen LogP) is 7.74. The lowest BCUT2D eigenvalue weighted by Gasteiger charge is -2.30. The molecule has 0 bridgehead atoms. The molecule has 1 aliphatic rings. The highest BCUT2D eigenvalue weighted by Crippen LogP contribution is 2.36. The average Bonchev–Trinajstić information content (AvgIpc) is 3.29. The van der Waals surface area contributed by atoms with E-state index in [1.807, 2.05) is 69.3 Å². The molecule has 1 heterocycles. The molecule has 0 saturated carbocycles. The first-order valence-corrected chi connectivity index (χ1v) is 13.7. The summed E-state index contributed by atoms with van der Waals surface area (Å²) in [6, 6.07) is 20.1. The Morgan fingerprint density at radius 3 is 2.21 bits per heavy atom. The molecular formula is C29H29BrCl2N2O4. The summed E-state index contributed by atoms with van der Waals surface area (Å²) in [7, 11) is 0. The molecule has 3 aromatic carbocycles. The quantitative estimate of drug-likeness (QED) is 0.306. The van der Waals surface area contributed by atoms with E-state index in [1.54, 1.807) is 23.1 Å². The monoisotopic (exact) mass is 618 g/mol. The van der Waals surface area contributed by atoms with Crippen LogP contribution in [0.2, 0.25) is 10.0 Å². The van der Waals surface area contributed by atoms with Crippen LogP contribution in [0.1, 0.15) is 38.3 Å². The Morgan fingerprint density at radius 2 is 1.61 bits per heavy atom. The van der Waals surface area contributed by atoms with Crippen molar-refractivity contribution in [2.45, 2.75) is 44.8 Å². The Bertz CT molecular complexity index is 1290. The molecule has 9 heteroatoms. The Hall–Kier alpha value is -2.74. The highest BCUT2D eigenvalue weighted by molar-refractivity contribution is 9.10. The highest BCUT2D eigenvalue weighted by Gasteiger charge is 2.48. The minimum atomic E-state index is -0.882. The van der Waals surface area contributed by atoms with Crippen molar-refractivity contribution in [3.63, 3.8) is 0 Å². The van der Waals surface area contributed by atoms with Crippen LogP contribution in [0.4, 0.5) is 4.79 Å². The van der Waals surface area contributed by atoms with Crippen molar-refractivity contribution < 1.29 is 19.1 Å². The summed E-state index contributed by atoms with van der Waals surface area (Å²) in [5.41, 5.74) is 0.264. The molecule has 1 fully saturated rings. The molecule has 0 aromatic heterocycles. The first-order valence-electron chi connectivity index (χ1n) is 12.2. The number of nitrogens with one attached hydrogen (secondary N) is 1. The number of carbonyl (C=O) groups is 2. The number of benzene rings is 3. The number of halogens is 3. The first kappa shape index (κ1) is 28.3. The van der Waals surface area contributed by atoms with E-state index in [-0.39, 0.29) is 12.5 Å². The SMILES string of the molecule is CC(C)(C)OC(=O)N1CCC(C(=O)NCc2ccc(Oc3cc(Cl)cc(Cl)c3)cc2)(c2ccc(Br)cc2)C1. The van der Waals surface area contributed by atoms with Gasteiger partial charge in [0.05, 0.1) is 5.41 Å². The molecule has 1 N–H and O–H groups in total. The maximum atomic E-state index is 13.7. The van der Waals surface area contributed by atoms with Crippen molar-refractivity contribution in [2.24, 2.45) is 0 Å². The lowest BCUT2D eigenvalue weighted by atomic mass is 9.78. The van der Waals surface area contributed by atoms with Crippen molar-refractivity contribution >= 4 is 51.1 Å². The van der Waals surface area contributed by atoms with E-state index in [0.717, 1.165) is 15.6 Å². The molecule has 0 spiro atoms. The van der Waals surface area contributed by atoms with E-state index >= 15 is 0 Å². The lowest BCUT2D eigenvalue weighted by Crippen LogP contribution is -2.47. The number of nitrogens with zero attached hydrogens (tertiary/aromatic N) is 1. The van der Waals surface area contributed by atoms with Gasteiger partial charge in [-0.2, -0.15) is 0 Å². The van der Waals surface area contributed by atoms with E-state index in [1.165, 1.54) is 0 Å². The zero-order valence-electron chi connectivity index (χ0n) is 21.4. The fourth-order valence-electron chi connectivity index (χ4n) is 4.36. The van der Waals surface area contributed by atoms with Gasteiger partial charge in [-0.15, -0.1) is 0 Å². The van der Waals surface area contributed by atoms with Gasteiger partial charge in [0.2, 0.25) is 5.91 Å². The predicted molar refractivity (Wildman–Crippen MR) is 153 cm³/mol. The first-order chi connectivity index (χ1) is 17.9. The van der Waals surface area contributed by atoms with Gasteiger partial charge >= 0.3 is 6.09 Å². The zero-order valence-corrected chi connectivity index (χ0v) is 24.5. The molecule has 200 valence electrons. The normalized spacial score (nSPS) is 17.3. The Morgan fingerprint density at radius 1 is 0.974 bits per heavy atom. The lowest BCUT2D eigenvalue weighted by molar-refractivity contribution is -0.126. The third-order valence-corrected chi connectivity index (χ3v) is 7.17. The topological polar surface area (TPSA) is 67.9 Å². The molecule has 3 aromatic rings. The van der Waals surface area contributed by atoms with Crippen molar-refractivity contribution in [3.8, 4) is 11.5 Å².